The zero-order valence-electron chi connectivity index (χ0n) is 12.1. The van der Waals surface area contributed by atoms with Crippen LogP contribution in [0.15, 0.2) is 12.1 Å². The standard InChI is InChI=1S/C14H19ClN4S/c1-5-10(11-6-7-12(15)20-11)18-14-17-9(4)16-13(19-14)8(2)3/h6-8,10H,5H2,1-4H3,(H,16,17,18,19). The second-order valence-corrected chi connectivity index (χ2v) is 6.71. The minimum absolute atomic E-state index is 0.175. The third kappa shape index (κ3) is 3.67. The van der Waals surface area contributed by atoms with Crippen LogP contribution >= 0.6 is 22.9 Å². The molecule has 0 aliphatic heterocycles. The molecule has 0 saturated carbocycles. The van der Waals surface area contributed by atoms with E-state index >= 15 is 0 Å². The number of halogens is 1. The molecule has 0 spiro atoms. The van der Waals surface area contributed by atoms with Gasteiger partial charge in [-0.1, -0.05) is 32.4 Å². The SMILES string of the molecule is CCC(Nc1nc(C)nc(C(C)C)n1)c1ccc(Cl)s1. The van der Waals surface area contributed by atoms with E-state index in [0.717, 1.165) is 22.4 Å². The molecule has 1 N–H and O–H groups in total. The largest absolute Gasteiger partial charge is 0.347 e. The van der Waals surface area contributed by atoms with Crippen molar-refractivity contribution in [3.63, 3.8) is 0 Å². The van der Waals surface area contributed by atoms with Crippen LogP contribution in [0.3, 0.4) is 0 Å². The van der Waals surface area contributed by atoms with Crippen LogP contribution in [0, 0.1) is 6.92 Å². The first kappa shape index (κ1) is 15.2. The van der Waals surface area contributed by atoms with Gasteiger partial charge < -0.3 is 5.32 Å². The highest BCUT2D eigenvalue weighted by Gasteiger charge is 2.14. The zero-order valence-corrected chi connectivity index (χ0v) is 13.7. The van der Waals surface area contributed by atoms with Crippen LogP contribution in [0.1, 0.15) is 55.7 Å². The molecule has 0 radical (unpaired) electrons. The van der Waals surface area contributed by atoms with Crippen LogP contribution in [-0.4, -0.2) is 15.0 Å². The highest BCUT2D eigenvalue weighted by Crippen LogP contribution is 2.30. The minimum Gasteiger partial charge on any atom is -0.347 e. The number of thiophene rings is 1. The molecule has 1 unspecified atom stereocenters. The second-order valence-electron chi connectivity index (χ2n) is 4.97. The lowest BCUT2D eigenvalue weighted by molar-refractivity contribution is 0.717. The van der Waals surface area contributed by atoms with E-state index in [2.05, 4.69) is 41.0 Å². The van der Waals surface area contributed by atoms with E-state index in [1.807, 2.05) is 19.1 Å². The highest BCUT2D eigenvalue weighted by atomic mass is 35.5. The second kappa shape index (κ2) is 6.50. The Morgan fingerprint density at radius 2 is 2.00 bits per heavy atom. The summed E-state index contributed by atoms with van der Waals surface area (Å²) in [6.45, 7) is 8.17. The van der Waals surface area contributed by atoms with Gasteiger partial charge in [-0.2, -0.15) is 9.97 Å². The zero-order chi connectivity index (χ0) is 14.7. The number of hydrogen-bond acceptors (Lipinski definition) is 5. The Morgan fingerprint density at radius 1 is 1.25 bits per heavy atom. The molecule has 20 heavy (non-hydrogen) atoms. The number of aromatic nitrogens is 3. The lowest BCUT2D eigenvalue weighted by Crippen LogP contribution is -2.13. The number of aryl methyl sites for hydroxylation is 1. The first-order valence-electron chi connectivity index (χ1n) is 6.74. The molecule has 2 aromatic rings. The predicted molar refractivity (Wildman–Crippen MR) is 84.6 cm³/mol. The fourth-order valence-corrected chi connectivity index (χ4v) is 3.07. The van der Waals surface area contributed by atoms with Gasteiger partial charge in [0.1, 0.15) is 11.6 Å². The molecule has 0 saturated heterocycles. The molecule has 2 aromatic heterocycles. The molecule has 0 fully saturated rings. The molecular formula is C14H19ClN4S. The Morgan fingerprint density at radius 3 is 2.55 bits per heavy atom. The average Bonchev–Trinajstić information content (AvgIpc) is 2.81. The fraction of sp³-hybridized carbons (Fsp3) is 0.500. The van der Waals surface area contributed by atoms with Crippen molar-refractivity contribution in [1.82, 2.24) is 15.0 Å². The molecular weight excluding hydrogens is 292 g/mol. The number of nitrogens with zero attached hydrogens (tertiary/aromatic N) is 3. The molecule has 0 bridgehead atoms. The van der Waals surface area contributed by atoms with Gasteiger partial charge in [0.2, 0.25) is 5.95 Å². The molecule has 6 heteroatoms. The van der Waals surface area contributed by atoms with Crippen molar-refractivity contribution in [2.24, 2.45) is 0 Å². The quantitative estimate of drug-likeness (QED) is 0.878. The van der Waals surface area contributed by atoms with Crippen molar-refractivity contribution in [3.8, 4) is 0 Å². The maximum absolute atomic E-state index is 6.01. The first-order valence-corrected chi connectivity index (χ1v) is 7.93. The number of anilines is 1. The maximum atomic E-state index is 6.01. The van der Waals surface area contributed by atoms with Gasteiger partial charge in [-0.25, -0.2) is 4.98 Å². The molecule has 4 nitrogen and oxygen atoms in total. The van der Waals surface area contributed by atoms with E-state index in [4.69, 9.17) is 11.6 Å². The van der Waals surface area contributed by atoms with E-state index in [1.165, 1.54) is 4.88 Å². The van der Waals surface area contributed by atoms with Crippen molar-refractivity contribution in [2.45, 2.75) is 46.1 Å². The summed E-state index contributed by atoms with van der Waals surface area (Å²) < 4.78 is 0.801. The van der Waals surface area contributed by atoms with Gasteiger partial charge in [-0.15, -0.1) is 11.3 Å². The molecule has 0 aliphatic carbocycles. The summed E-state index contributed by atoms with van der Waals surface area (Å²) in [6.07, 6.45) is 0.943. The Kier molecular flexibility index (Phi) is 4.94. The van der Waals surface area contributed by atoms with Gasteiger partial charge in [-0.05, 0) is 25.5 Å². The van der Waals surface area contributed by atoms with E-state index in [9.17, 15) is 0 Å². The Balaban J connectivity index is 2.23. The highest BCUT2D eigenvalue weighted by molar-refractivity contribution is 7.16. The van der Waals surface area contributed by atoms with Crippen molar-refractivity contribution < 1.29 is 0 Å². The van der Waals surface area contributed by atoms with Crippen LogP contribution in [-0.2, 0) is 0 Å². The van der Waals surface area contributed by atoms with Crippen molar-refractivity contribution >= 4 is 28.9 Å². The summed E-state index contributed by atoms with van der Waals surface area (Å²) in [5, 5.41) is 3.38. The lowest BCUT2D eigenvalue weighted by atomic mass is 10.2. The third-order valence-corrected chi connectivity index (χ3v) is 4.27. The predicted octanol–water partition coefficient (Wildman–Crippen LogP) is 4.58. The topological polar surface area (TPSA) is 50.7 Å². The van der Waals surface area contributed by atoms with Gasteiger partial charge in [-0.3, -0.25) is 0 Å². The Hall–Kier alpha value is -1.20. The summed E-state index contributed by atoms with van der Waals surface area (Å²) in [6, 6.07) is 4.14. The Bertz CT molecular complexity index is 582. The molecule has 1 atom stereocenters. The van der Waals surface area contributed by atoms with Gasteiger partial charge in [0, 0.05) is 10.8 Å². The van der Waals surface area contributed by atoms with Gasteiger partial charge in [0.25, 0.3) is 0 Å². The molecule has 0 aliphatic rings. The van der Waals surface area contributed by atoms with E-state index in [-0.39, 0.29) is 12.0 Å². The first-order chi connectivity index (χ1) is 9.49. The van der Waals surface area contributed by atoms with Crippen LogP contribution in [0.25, 0.3) is 0 Å². The van der Waals surface area contributed by atoms with Gasteiger partial charge in [0.05, 0.1) is 10.4 Å². The lowest BCUT2D eigenvalue weighted by Gasteiger charge is -2.16. The van der Waals surface area contributed by atoms with E-state index < -0.39 is 0 Å². The van der Waals surface area contributed by atoms with E-state index in [1.54, 1.807) is 11.3 Å². The summed E-state index contributed by atoms with van der Waals surface area (Å²) in [4.78, 5) is 14.4. The third-order valence-electron chi connectivity index (χ3n) is 2.93. The molecule has 0 amide bonds. The molecule has 108 valence electrons. The molecule has 2 rings (SSSR count). The summed E-state index contributed by atoms with van der Waals surface area (Å²) in [5.41, 5.74) is 0. The van der Waals surface area contributed by atoms with Gasteiger partial charge >= 0.3 is 0 Å². The normalized spacial score (nSPS) is 12.7. The number of hydrogen-bond donors (Lipinski definition) is 1. The monoisotopic (exact) mass is 310 g/mol. The van der Waals surface area contributed by atoms with Crippen LogP contribution in [0.4, 0.5) is 5.95 Å². The number of nitrogens with one attached hydrogen (secondary N) is 1. The smallest absolute Gasteiger partial charge is 0.226 e. The minimum atomic E-state index is 0.175. The van der Waals surface area contributed by atoms with Crippen molar-refractivity contribution in [1.29, 1.82) is 0 Å². The Labute approximate surface area is 128 Å². The maximum Gasteiger partial charge on any atom is 0.226 e. The van der Waals surface area contributed by atoms with E-state index in [0.29, 0.717) is 5.95 Å². The summed E-state index contributed by atoms with van der Waals surface area (Å²) >= 11 is 7.59. The van der Waals surface area contributed by atoms with Crippen LogP contribution < -0.4 is 5.32 Å². The molecule has 0 aromatic carbocycles. The molecule has 2 heterocycles. The van der Waals surface area contributed by atoms with Gasteiger partial charge in [0.15, 0.2) is 0 Å². The van der Waals surface area contributed by atoms with Crippen LogP contribution in [0.2, 0.25) is 4.34 Å². The van der Waals surface area contributed by atoms with Crippen LogP contribution in [0.5, 0.6) is 0 Å². The number of rotatable bonds is 5. The fourth-order valence-electron chi connectivity index (χ4n) is 1.87. The average molecular weight is 311 g/mol. The summed E-state index contributed by atoms with van der Waals surface area (Å²) in [5.74, 6) is 2.48. The van der Waals surface area contributed by atoms with Crippen molar-refractivity contribution in [3.05, 3.63) is 33.0 Å². The summed E-state index contributed by atoms with van der Waals surface area (Å²) in [7, 11) is 0. The van der Waals surface area contributed by atoms with Crippen molar-refractivity contribution in [2.75, 3.05) is 5.32 Å².